The van der Waals surface area contributed by atoms with Gasteiger partial charge in [0, 0.05) is 17.3 Å². The summed E-state index contributed by atoms with van der Waals surface area (Å²) in [7, 11) is 0. The molecule has 76 valence electrons. The molecule has 0 atom stereocenters. The van der Waals surface area contributed by atoms with Crippen LogP contribution in [0.2, 0.25) is 10.0 Å². The van der Waals surface area contributed by atoms with Gasteiger partial charge in [-0.15, -0.1) is 0 Å². The summed E-state index contributed by atoms with van der Waals surface area (Å²) in [6, 6.07) is 8.64. The molecule has 0 aliphatic heterocycles. The molecule has 1 heterocycles. The van der Waals surface area contributed by atoms with Crippen molar-refractivity contribution in [1.29, 1.82) is 0 Å². The van der Waals surface area contributed by atoms with Gasteiger partial charge < -0.3 is 4.74 Å². The van der Waals surface area contributed by atoms with Crippen LogP contribution in [0.4, 0.5) is 0 Å². The van der Waals surface area contributed by atoms with E-state index in [1.54, 1.807) is 42.7 Å². The number of hydrogen-bond donors (Lipinski definition) is 0. The van der Waals surface area contributed by atoms with Crippen molar-refractivity contribution < 1.29 is 4.74 Å². The standard InChI is InChI=1S/C11H7Cl2NO/c12-8-3-4-10(13)11(6-8)15-9-2-1-5-14-7-9/h1-7H. The van der Waals surface area contributed by atoms with Crippen molar-refractivity contribution in [2.45, 2.75) is 0 Å². The van der Waals surface area contributed by atoms with Gasteiger partial charge in [0.25, 0.3) is 0 Å². The molecular formula is C11H7Cl2NO. The molecule has 0 saturated heterocycles. The van der Waals surface area contributed by atoms with Crippen LogP contribution in [-0.4, -0.2) is 4.98 Å². The molecule has 2 aromatic rings. The van der Waals surface area contributed by atoms with Crippen LogP contribution in [0.5, 0.6) is 11.5 Å². The predicted molar refractivity (Wildman–Crippen MR) is 60.8 cm³/mol. The van der Waals surface area contributed by atoms with Crippen molar-refractivity contribution in [2.75, 3.05) is 0 Å². The zero-order chi connectivity index (χ0) is 10.7. The van der Waals surface area contributed by atoms with Crippen LogP contribution in [0.1, 0.15) is 0 Å². The summed E-state index contributed by atoms with van der Waals surface area (Å²) < 4.78 is 5.51. The van der Waals surface area contributed by atoms with Crippen molar-refractivity contribution in [2.24, 2.45) is 0 Å². The number of aromatic nitrogens is 1. The average molecular weight is 240 g/mol. The van der Waals surface area contributed by atoms with Crippen molar-refractivity contribution in [1.82, 2.24) is 4.98 Å². The monoisotopic (exact) mass is 239 g/mol. The van der Waals surface area contributed by atoms with Crippen LogP contribution in [0.25, 0.3) is 0 Å². The van der Waals surface area contributed by atoms with Crippen LogP contribution >= 0.6 is 23.2 Å². The molecule has 15 heavy (non-hydrogen) atoms. The molecule has 1 aromatic carbocycles. The molecule has 2 rings (SSSR count). The molecule has 0 aliphatic rings. The topological polar surface area (TPSA) is 22.1 Å². The van der Waals surface area contributed by atoms with E-state index in [1.165, 1.54) is 0 Å². The third-order valence-electron chi connectivity index (χ3n) is 1.76. The normalized spacial score (nSPS) is 10.0. The second kappa shape index (κ2) is 4.51. The Morgan fingerprint density at radius 3 is 2.73 bits per heavy atom. The summed E-state index contributed by atoms with van der Waals surface area (Å²) in [6.45, 7) is 0. The molecule has 0 amide bonds. The first-order valence-electron chi connectivity index (χ1n) is 4.28. The Balaban J connectivity index is 2.28. The van der Waals surface area contributed by atoms with Crippen molar-refractivity contribution in [3.05, 3.63) is 52.8 Å². The highest BCUT2D eigenvalue weighted by molar-refractivity contribution is 6.34. The molecule has 4 heteroatoms. The van der Waals surface area contributed by atoms with E-state index in [4.69, 9.17) is 27.9 Å². The zero-order valence-electron chi connectivity index (χ0n) is 7.65. The summed E-state index contributed by atoms with van der Waals surface area (Å²) in [5.41, 5.74) is 0. The van der Waals surface area contributed by atoms with Crippen molar-refractivity contribution >= 4 is 23.2 Å². The number of ether oxygens (including phenoxy) is 1. The van der Waals surface area contributed by atoms with Crippen LogP contribution < -0.4 is 4.74 Å². The highest BCUT2D eigenvalue weighted by Crippen LogP contribution is 2.31. The van der Waals surface area contributed by atoms with Gasteiger partial charge in [-0.25, -0.2) is 0 Å². The summed E-state index contributed by atoms with van der Waals surface area (Å²) in [5, 5.41) is 1.10. The van der Waals surface area contributed by atoms with E-state index >= 15 is 0 Å². The maximum atomic E-state index is 5.94. The van der Waals surface area contributed by atoms with E-state index < -0.39 is 0 Å². The highest BCUT2D eigenvalue weighted by atomic mass is 35.5. The Hall–Kier alpha value is -1.25. The van der Waals surface area contributed by atoms with Gasteiger partial charge in [-0.1, -0.05) is 23.2 Å². The van der Waals surface area contributed by atoms with Gasteiger partial charge >= 0.3 is 0 Å². The van der Waals surface area contributed by atoms with Gasteiger partial charge in [0.2, 0.25) is 0 Å². The molecule has 0 spiro atoms. The molecule has 0 fully saturated rings. The van der Waals surface area contributed by atoms with Crippen LogP contribution in [0, 0.1) is 0 Å². The fraction of sp³-hybridized carbons (Fsp3) is 0. The summed E-state index contributed by atoms with van der Waals surface area (Å²) in [5.74, 6) is 1.15. The third kappa shape index (κ3) is 2.61. The van der Waals surface area contributed by atoms with Crippen molar-refractivity contribution in [3.8, 4) is 11.5 Å². The van der Waals surface area contributed by atoms with Gasteiger partial charge in [-0.05, 0) is 24.3 Å². The number of hydrogen-bond acceptors (Lipinski definition) is 2. The Bertz CT molecular complexity index is 459. The quantitative estimate of drug-likeness (QED) is 0.785. The first-order valence-corrected chi connectivity index (χ1v) is 5.04. The van der Waals surface area contributed by atoms with E-state index in [0.29, 0.717) is 21.5 Å². The molecular weight excluding hydrogens is 233 g/mol. The zero-order valence-corrected chi connectivity index (χ0v) is 9.16. The van der Waals surface area contributed by atoms with Crippen LogP contribution in [0.15, 0.2) is 42.7 Å². The van der Waals surface area contributed by atoms with Gasteiger partial charge in [-0.3, -0.25) is 4.98 Å². The van der Waals surface area contributed by atoms with Crippen LogP contribution in [-0.2, 0) is 0 Å². The lowest BCUT2D eigenvalue weighted by atomic mass is 10.3. The minimum absolute atomic E-state index is 0.517. The fourth-order valence-corrected chi connectivity index (χ4v) is 1.41. The van der Waals surface area contributed by atoms with Gasteiger partial charge in [-0.2, -0.15) is 0 Å². The van der Waals surface area contributed by atoms with Gasteiger partial charge in [0.15, 0.2) is 0 Å². The minimum atomic E-state index is 0.517. The van der Waals surface area contributed by atoms with E-state index in [0.717, 1.165) is 0 Å². The van der Waals surface area contributed by atoms with E-state index in [2.05, 4.69) is 4.98 Å². The number of rotatable bonds is 2. The number of benzene rings is 1. The first kappa shape index (κ1) is 10.3. The number of nitrogens with zero attached hydrogens (tertiary/aromatic N) is 1. The Morgan fingerprint density at radius 2 is 2.00 bits per heavy atom. The summed E-state index contributed by atoms with van der Waals surface area (Å²) in [4.78, 5) is 3.93. The lowest BCUT2D eigenvalue weighted by molar-refractivity contribution is 0.480. The summed E-state index contributed by atoms with van der Waals surface area (Å²) >= 11 is 11.8. The Labute approximate surface area is 97.4 Å². The van der Waals surface area contributed by atoms with Gasteiger partial charge in [0.1, 0.15) is 11.5 Å². The van der Waals surface area contributed by atoms with Gasteiger partial charge in [0.05, 0.1) is 11.2 Å². The molecule has 0 N–H and O–H groups in total. The van der Waals surface area contributed by atoms with E-state index in [1.807, 2.05) is 0 Å². The Kier molecular flexibility index (Phi) is 3.09. The number of halogens is 2. The molecule has 0 bridgehead atoms. The second-order valence-electron chi connectivity index (χ2n) is 2.87. The Morgan fingerprint density at radius 1 is 1.13 bits per heavy atom. The SMILES string of the molecule is Clc1ccc(Cl)c(Oc2cccnc2)c1. The smallest absolute Gasteiger partial charge is 0.147 e. The lowest BCUT2D eigenvalue weighted by Crippen LogP contribution is -1.85. The molecule has 0 unspecified atom stereocenters. The second-order valence-corrected chi connectivity index (χ2v) is 3.71. The maximum absolute atomic E-state index is 5.94. The molecule has 0 aliphatic carbocycles. The van der Waals surface area contributed by atoms with E-state index in [-0.39, 0.29) is 0 Å². The van der Waals surface area contributed by atoms with Crippen LogP contribution in [0.3, 0.4) is 0 Å². The predicted octanol–water partition coefficient (Wildman–Crippen LogP) is 4.18. The third-order valence-corrected chi connectivity index (χ3v) is 2.30. The number of pyridine rings is 1. The fourth-order valence-electron chi connectivity index (χ4n) is 1.09. The minimum Gasteiger partial charge on any atom is -0.454 e. The average Bonchev–Trinajstić information content (AvgIpc) is 2.25. The van der Waals surface area contributed by atoms with Crippen molar-refractivity contribution in [3.63, 3.8) is 0 Å². The van der Waals surface area contributed by atoms with E-state index in [9.17, 15) is 0 Å². The molecule has 0 saturated carbocycles. The summed E-state index contributed by atoms with van der Waals surface area (Å²) in [6.07, 6.45) is 3.28. The molecule has 2 nitrogen and oxygen atoms in total. The first-order chi connectivity index (χ1) is 7.25. The lowest BCUT2D eigenvalue weighted by Gasteiger charge is -2.06. The molecule has 1 aromatic heterocycles. The molecule has 0 radical (unpaired) electrons. The maximum Gasteiger partial charge on any atom is 0.147 e. The largest absolute Gasteiger partial charge is 0.454 e. The highest BCUT2D eigenvalue weighted by Gasteiger charge is 2.03.